The van der Waals surface area contributed by atoms with Gasteiger partial charge in [-0.05, 0) is 24.3 Å². The van der Waals surface area contributed by atoms with E-state index in [4.69, 9.17) is 15.7 Å². The average molecular weight is 286 g/mol. The molecular formula is C15H11FN2O3. The number of carbonyl (C=O) groups excluding carboxylic acids is 1. The first-order valence-electron chi connectivity index (χ1n) is 5.91. The summed E-state index contributed by atoms with van der Waals surface area (Å²) in [5, 5.41) is 8.67. The van der Waals surface area contributed by atoms with Gasteiger partial charge in [-0.3, -0.25) is 0 Å². The Balaban J connectivity index is 2.34. The van der Waals surface area contributed by atoms with E-state index < -0.39 is 11.8 Å². The molecule has 0 aliphatic carbocycles. The van der Waals surface area contributed by atoms with Crippen LogP contribution in [0.4, 0.5) is 10.1 Å². The Labute approximate surface area is 120 Å². The smallest absolute Gasteiger partial charge is 0.340 e. The molecule has 0 fully saturated rings. The second kappa shape index (κ2) is 5.92. The largest absolute Gasteiger partial charge is 0.465 e. The summed E-state index contributed by atoms with van der Waals surface area (Å²) in [5.41, 5.74) is 5.99. The maximum Gasteiger partial charge on any atom is 0.340 e. The highest BCUT2D eigenvalue weighted by molar-refractivity contribution is 5.96. The van der Waals surface area contributed by atoms with Crippen molar-refractivity contribution in [2.75, 3.05) is 12.8 Å². The van der Waals surface area contributed by atoms with Gasteiger partial charge in [-0.15, -0.1) is 0 Å². The van der Waals surface area contributed by atoms with Gasteiger partial charge >= 0.3 is 5.97 Å². The number of methoxy groups -OCH3 is 1. The van der Waals surface area contributed by atoms with E-state index >= 15 is 0 Å². The molecule has 2 aromatic carbocycles. The minimum absolute atomic E-state index is 0.0846. The van der Waals surface area contributed by atoms with Crippen molar-refractivity contribution >= 4 is 11.7 Å². The van der Waals surface area contributed by atoms with E-state index in [9.17, 15) is 9.18 Å². The molecule has 0 spiro atoms. The number of carbonyl (C=O) groups is 1. The van der Waals surface area contributed by atoms with Crippen LogP contribution in [0.2, 0.25) is 0 Å². The summed E-state index contributed by atoms with van der Waals surface area (Å²) in [6, 6.07) is 10.1. The van der Waals surface area contributed by atoms with Crippen LogP contribution in [0, 0.1) is 17.1 Å². The van der Waals surface area contributed by atoms with E-state index in [0.717, 1.165) is 6.07 Å². The number of para-hydroxylation sites is 1. The monoisotopic (exact) mass is 286 g/mol. The highest BCUT2D eigenvalue weighted by Crippen LogP contribution is 2.31. The van der Waals surface area contributed by atoms with Gasteiger partial charge < -0.3 is 15.2 Å². The minimum atomic E-state index is -0.697. The average Bonchev–Trinajstić information content (AvgIpc) is 2.49. The molecular weight excluding hydrogens is 275 g/mol. The molecule has 0 aliphatic heterocycles. The number of esters is 1. The fourth-order valence-electron chi connectivity index (χ4n) is 1.70. The fraction of sp³-hybridized carbons (Fsp3) is 0.0667. The number of nitrogens with zero attached hydrogens (tertiary/aromatic N) is 1. The van der Waals surface area contributed by atoms with Crippen molar-refractivity contribution in [1.82, 2.24) is 0 Å². The van der Waals surface area contributed by atoms with Crippen LogP contribution in [0.5, 0.6) is 11.5 Å². The molecule has 106 valence electrons. The van der Waals surface area contributed by atoms with Crippen LogP contribution >= 0.6 is 0 Å². The molecule has 5 nitrogen and oxygen atoms in total. The van der Waals surface area contributed by atoms with Gasteiger partial charge in [-0.25, -0.2) is 9.18 Å². The Bertz CT molecular complexity index is 738. The molecule has 0 saturated heterocycles. The number of nitriles is 1. The third kappa shape index (κ3) is 2.92. The van der Waals surface area contributed by atoms with E-state index in [0.29, 0.717) is 0 Å². The van der Waals surface area contributed by atoms with Gasteiger partial charge in [0.2, 0.25) is 0 Å². The van der Waals surface area contributed by atoms with Crippen molar-refractivity contribution in [3.05, 3.63) is 53.3 Å². The van der Waals surface area contributed by atoms with E-state index in [1.54, 1.807) is 12.1 Å². The lowest BCUT2D eigenvalue weighted by atomic mass is 10.1. The van der Waals surface area contributed by atoms with Crippen molar-refractivity contribution in [3.8, 4) is 17.6 Å². The van der Waals surface area contributed by atoms with Crippen molar-refractivity contribution < 1.29 is 18.7 Å². The van der Waals surface area contributed by atoms with E-state index in [2.05, 4.69) is 4.74 Å². The number of anilines is 1. The maximum atomic E-state index is 13.5. The predicted molar refractivity (Wildman–Crippen MR) is 73.4 cm³/mol. The third-order valence-electron chi connectivity index (χ3n) is 2.76. The molecule has 6 heteroatoms. The van der Waals surface area contributed by atoms with Gasteiger partial charge in [0.15, 0.2) is 5.75 Å². The first kappa shape index (κ1) is 14.3. The van der Waals surface area contributed by atoms with Crippen LogP contribution in [-0.4, -0.2) is 13.1 Å². The summed E-state index contributed by atoms with van der Waals surface area (Å²) in [4.78, 5) is 11.5. The van der Waals surface area contributed by atoms with Gasteiger partial charge in [0, 0.05) is 6.07 Å². The molecule has 0 radical (unpaired) electrons. The second-order valence-corrected chi connectivity index (χ2v) is 4.06. The lowest BCUT2D eigenvalue weighted by Crippen LogP contribution is -2.06. The summed E-state index contributed by atoms with van der Waals surface area (Å²) in [7, 11) is 1.24. The van der Waals surface area contributed by atoms with Crippen molar-refractivity contribution in [3.63, 3.8) is 0 Å². The molecule has 0 bridgehead atoms. The highest BCUT2D eigenvalue weighted by Gasteiger charge is 2.14. The zero-order valence-electron chi connectivity index (χ0n) is 11.1. The first-order valence-corrected chi connectivity index (χ1v) is 5.91. The second-order valence-electron chi connectivity index (χ2n) is 4.06. The zero-order chi connectivity index (χ0) is 15.4. The topological polar surface area (TPSA) is 85.3 Å². The quantitative estimate of drug-likeness (QED) is 0.692. The number of rotatable bonds is 3. The fourth-order valence-corrected chi connectivity index (χ4v) is 1.70. The van der Waals surface area contributed by atoms with Gasteiger partial charge in [0.05, 0.1) is 23.9 Å². The highest BCUT2D eigenvalue weighted by atomic mass is 19.1. The molecule has 2 rings (SSSR count). The van der Waals surface area contributed by atoms with Gasteiger partial charge in [0.25, 0.3) is 0 Å². The number of halogens is 1. The van der Waals surface area contributed by atoms with E-state index in [1.165, 1.54) is 31.4 Å². The number of nitrogens with two attached hydrogens (primary N) is 1. The molecule has 21 heavy (non-hydrogen) atoms. The zero-order valence-corrected chi connectivity index (χ0v) is 11.1. The Morgan fingerprint density at radius 1 is 1.33 bits per heavy atom. The third-order valence-corrected chi connectivity index (χ3v) is 2.76. The molecule has 2 aromatic rings. The van der Waals surface area contributed by atoms with Crippen molar-refractivity contribution in [1.29, 1.82) is 5.26 Å². The van der Waals surface area contributed by atoms with Gasteiger partial charge in [-0.1, -0.05) is 6.07 Å². The Hall–Kier alpha value is -3.07. The number of hydrogen-bond acceptors (Lipinski definition) is 5. The summed E-state index contributed by atoms with van der Waals surface area (Å²) in [6.45, 7) is 0. The Morgan fingerprint density at radius 2 is 2.10 bits per heavy atom. The summed E-state index contributed by atoms with van der Waals surface area (Å²) < 4.78 is 23.6. The van der Waals surface area contributed by atoms with Crippen LogP contribution < -0.4 is 10.5 Å². The number of ether oxygens (including phenoxy) is 2. The normalized spacial score (nSPS) is 9.76. The minimum Gasteiger partial charge on any atom is -0.465 e. The van der Waals surface area contributed by atoms with Crippen LogP contribution in [0.1, 0.15) is 15.9 Å². The van der Waals surface area contributed by atoms with Crippen LogP contribution in [0.25, 0.3) is 0 Å². The molecule has 0 heterocycles. The molecule has 0 aliphatic rings. The number of hydrogen-bond donors (Lipinski definition) is 1. The Kier molecular flexibility index (Phi) is 4.05. The summed E-state index contributed by atoms with van der Waals surface area (Å²) >= 11 is 0. The molecule has 0 saturated carbocycles. The molecule has 0 atom stereocenters. The lowest BCUT2D eigenvalue weighted by molar-refractivity contribution is 0.0601. The maximum absolute atomic E-state index is 13.5. The Morgan fingerprint density at radius 3 is 2.71 bits per heavy atom. The van der Waals surface area contributed by atoms with Crippen molar-refractivity contribution in [2.24, 2.45) is 0 Å². The predicted octanol–water partition coefficient (Wildman–Crippen LogP) is 2.86. The van der Waals surface area contributed by atoms with Gasteiger partial charge in [0.1, 0.15) is 17.6 Å². The van der Waals surface area contributed by atoms with E-state index in [1.807, 2.05) is 0 Å². The SMILES string of the molecule is COC(=O)c1cccc(Oc2ccc(C#N)c(F)c2)c1N. The molecule has 0 amide bonds. The van der Waals surface area contributed by atoms with Crippen LogP contribution in [-0.2, 0) is 4.74 Å². The van der Waals surface area contributed by atoms with E-state index in [-0.39, 0.29) is 28.3 Å². The molecule has 2 N–H and O–H groups in total. The summed E-state index contributed by atoms with van der Waals surface area (Å²) in [5.74, 6) is -0.927. The number of benzene rings is 2. The van der Waals surface area contributed by atoms with Crippen LogP contribution in [0.3, 0.4) is 0 Å². The molecule has 0 unspecified atom stereocenters. The standard InChI is InChI=1S/C15H11FN2O3/c1-20-15(19)11-3-2-4-13(14(11)18)21-10-6-5-9(8-17)12(16)7-10/h2-7H,18H2,1H3. The first-order chi connectivity index (χ1) is 10.1. The summed E-state index contributed by atoms with van der Waals surface area (Å²) in [6.07, 6.45) is 0. The number of nitrogen functional groups attached to an aromatic ring is 1. The van der Waals surface area contributed by atoms with Crippen molar-refractivity contribution in [2.45, 2.75) is 0 Å². The van der Waals surface area contributed by atoms with Crippen LogP contribution in [0.15, 0.2) is 36.4 Å². The van der Waals surface area contributed by atoms with Gasteiger partial charge in [-0.2, -0.15) is 5.26 Å². The molecule has 0 aromatic heterocycles. The lowest BCUT2D eigenvalue weighted by Gasteiger charge is -2.11.